The van der Waals surface area contributed by atoms with Crippen molar-refractivity contribution >= 4 is 51.9 Å². The number of thioether (sulfide) groups is 1. The predicted molar refractivity (Wildman–Crippen MR) is 118 cm³/mol. The molecule has 0 unspecified atom stereocenters. The molecule has 2 aromatic carbocycles. The summed E-state index contributed by atoms with van der Waals surface area (Å²) in [6.45, 7) is 1.92. The predicted octanol–water partition coefficient (Wildman–Crippen LogP) is 4.94. The van der Waals surface area contributed by atoms with Crippen molar-refractivity contribution < 1.29 is 27.5 Å². The molecule has 2 amide bonds. The topological polar surface area (TPSA) is 58.6 Å². The summed E-state index contributed by atoms with van der Waals surface area (Å²) in [5, 5.41) is 2.21. The molecule has 0 bridgehead atoms. The number of nitrogens with one attached hydrogen (secondary N) is 1. The van der Waals surface area contributed by atoms with Crippen molar-refractivity contribution in [3.05, 3.63) is 64.6 Å². The molecule has 1 fully saturated rings. The van der Waals surface area contributed by atoms with Crippen LogP contribution in [0.2, 0.25) is 0 Å². The molecule has 1 N–H and O–H groups in total. The molecule has 10 heteroatoms. The van der Waals surface area contributed by atoms with Gasteiger partial charge < -0.3 is 10.1 Å². The fraction of sp³-hybridized carbons (Fsp3) is 0.190. The monoisotopic (exact) mass is 466 g/mol. The minimum atomic E-state index is -4.62. The average Bonchev–Trinajstić information content (AvgIpc) is 2.96. The molecule has 1 aliphatic rings. The SMILES string of the molecule is CCOc1ccc(C=C2SC(=S)N(CC(=O)Nc3ccccc3C(F)(F)F)C2=O)cc1. The van der Waals surface area contributed by atoms with Crippen molar-refractivity contribution in [1.82, 2.24) is 4.90 Å². The summed E-state index contributed by atoms with van der Waals surface area (Å²) in [5.74, 6) is -0.568. The number of ether oxygens (including phenoxy) is 1. The number of hydrogen-bond acceptors (Lipinski definition) is 5. The van der Waals surface area contributed by atoms with Crippen molar-refractivity contribution in [3.63, 3.8) is 0 Å². The van der Waals surface area contributed by atoms with E-state index in [-0.39, 0.29) is 10.0 Å². The lowest BCUT2D eigenvalue weighted by Gasteiger charge is -2.16. The molecule has 1 heterocycles. The highest BCUT2D eigenvalue weighted by Crippen LogP contribution is 2.35. The number of carbonyl (C=O) groups excluding carboxylic acids is 2. The Morgan fingerprint density at radius 2 is 1.87 bits per heavy atom. The number of nitrogens with zero attached hydrogens (tertiary/aromatic N) is 1. The van der Waals surface area contributed by atoms with Crippen LogP contribution in [0.3, 0.4) is 0 Å². The Labute approximate surface area is 186 Å². The van der Waals surface area contributed by atoms with Gasteiger partial charge in [-0.2, -0.15) is 13.2 Å². The van der Waals surface area contributed by atoms with Crippen molar-refractivity contribution in [2.75, 3.05) is 18.5 Å². The highest BCUT2D eigenvalue weighted by molar-refractivity contribution is 8.26. The molecule has 2 aromatic rings. The first-order valence-electron chi connectivity index (χ1n) is 9.13. The van der Waals surface area contributed by atoms with Gasteiger partial charge in [0.25, 0.3) is 5.91 Å². The van der Waals surface area contributed by atoms with Gasteiger partial charge in [0.1, 0.15) is 16.6 Å². The van der Waals surface area contributed by atoms with Gasteiger partial charge >= 0.3 is 6.18 Å². The number of para-hydroxylation sites is 1. The Kier molecular flexibility index (Phi) is 7.01. The number of benzene rings is 2. The zero-order chi connectivity index (χ0) is 22.6. The second kappa shape index (κ2) is 9.52. The number of thiocarbonyl (C=S) groups is 1. The standard InChI is InChI=1S/C21H17F3N2O3S2/c1-2-29-14-9-7-13(8-10-14)11-17-19(28)26(20(30)31-17)12-18(27)25-16-6-4-3-5-15(16)21(22,23)24/h3-11H,2,12H2,1H3,(H,25,27). The number of halogens is 3. The number of alkyl halides is 3. The van der Waals surface area contributed by atoms with Gasteiger partial charge in [-0.15, -0.1) is 0 Å². The van der Waals surface area contributed by atoms with Gasteiger partial charge in [-0.3, -0.25) is 14.5 Å². The third-order valence-electron chi connectivity index (χ3n) is 4.17. The molecule has 0 radical (unpaired) electrons. The van der Waals surface area contributed by atoms with E-state index in [0.717, 1.165) is 34.4 Å². The lowest BCUT2D eigenvalue weighted by molar-refractivity contribution is -0.137. The molecular weight excluding hydrogens is 449 g/mol. The van der Waals surface area contributed by atoms with E-state index in [1.807, 2.05) is 6.92 Å². The van der Waals surface area contributed by atoms with E-state index >= 15 is 0 Å². The first-order chi connectivity index (χ1) is 14.7. The first-order valence-corrected chi connectivity index (χ1v) is 10.4. The van der Waals surface area contributed by atoms with Gasteiger partial charge in [0.05, 0.1) is 22.8 Å². The Hall–Kier alpha value is -2.85. The molecule has 0 aromatic heterocycles. The summed E-state index contributed by atoms with van der Waals surface area (Å²) >= 11 is 6.21. The molecular formula is C21H17F3N2O3S2. The van der Waals surface area contributed by atoms with Crippen LogP contribution in [0.5, 0.6) is 5.75 Å². The van der Waals surface area contributed by atoms with Crippen LogP contribution in [-0.2, 0) is 15.8 Å². The van der Waals surface area contributed by atoms with Crippen molar-refractivity contribution in [1.29, 1.82) is 0 Å². The van der Waals surface area contributed by atoms with Gasteiger partial charge in [-0.05, 0) is 42.8 Å². The summed E-state index contributed by atoms with van der Waals surface area (Å²) in [4.78, 5) is 26.4. The number of rotatable bonds is 6. The van der Waals surface area contributed by atoms with Gasteiger partial charge in [0, 0.05) is 0 Å². The van der Waals surface area contributed by atoms with Crippen molar-refractivity contribution in [2.24, 2.45) is 0 Å². The van der Waals surface area contributed by atoms with E-state index in [9.17, 15) is 22.8 Å². The zero-order valence-electron chi connectivity index (χ0n) is 16.2. The minimum Gasteiger partial charge on any atom is -0.494 e. The molecule has 0 spiro atoms. The normalized spacial score (nSPS) is 15.5. The van der Waals surface area contributed by atoms with Gasteiger partial charge in [0.15, 0.2) is 0 Å². The molecule has 1 saturated heterocycles. The highest BCUT2D eigenvalue weighted by Gasteiger charge is 2.35. The van der Waals surface area contributed by atoms with Crippen LogP contribution in [0.25, 0.3) is 6.08 Å². The summed E-state index contributed by atoms with van der Waals surface area (Å²) in [7, 11) is 0. The second-order valence-corrected chi connectivity index (χ2v) is 8.04. The fourth-order valence-electron chi connectivity index (χ4n) is 2.79. The van der Waals surface area contributed by atoms with Crippen LogP contribution in [-0.4, -0.2) is 34.2 Å². The number of hydrogen-bond donors (Lipinski definition) is 1. The van der Waals surface area contributed by atoms with Crippen molar-refractivity contribution in [2.45, 2.75) is 13.1 Å². The van der Waals surface area contributed by atoms with E-state index in [2.05, 4.69) is 5.32 Å². The van der Waals surface area contributed by atoms with Crippen LogP contribution >= 0.6 is 24.0 Å². The largest absolute Gasteiger partial charge is 0.494 e. The van der Waals surface area contributed by atoms with E-state index in [0.29, 0.717) is 17.3 Å². The van der Waals surface area contributed by atoms with Gasteiger partial charge in [0.2, 0.25) is 5.91 Å². The molecule has 162 valence electrons. The lowest BCUT2D eigenvalue weighted by Crippen LogP contribution is -2.36. The Morgan fingerprint density at radius 3 is 2.52 bits per heavy atom. The molecule has 0 aliphatic carbocycles. The van der Waals surface area contributed by atoms with E-state index in [1.165, 1.54) is 12.1 Å². The summed E-state index contributed by atoms with van der Waals surface area (Å²) in [6, 6.07) is 11.7. The maximum atomic E-state index is 13.1. The Morgan fingerprint density at radius 1 is 1.19 bits per heavy atom. The third kappa shape index (κ3) is 5.65. The first kappa shape index (κ1) is 22.8. The summed E-state index contributed by atoms with van der Waals surface area (Å²) in [6.07, 6.45) is -2.99. The number of amides is 2. The summed E-state index contributed by atoms with van der Waals surface area (Å²) < 4.78 is 44.8. The summed E-state index contributed by atoms with van der Waals surface area (Å²) in [5.41, 5.74) is -0.605. The fourth-order valence-corrected chi connectivity index (χ4v) is 4.04. The highest BCUT2D eigenvalue weighted by atomic mass is 32.2. The molecule has 0 atom stereocenters. The van der Waals surface area contributed by atoms with Crippen LogP contribution in [0.1, 0.15) is 18.1 Å². The van der Waals surface area contributed by atoms with E-state index < -0.39 is 30.1 Å². The van der Waals surface area contributed by atoms with Gasteiger partial charge in [-0.1, -0.05) is 48.2 Å². The maximum Gasteiger partial charge on any atom is 0.418 e. The zero-order valence-corrected chi connectivity index (χ0v) is 17.9. The average molecular weight is 467 g/mol. The van der Waals surface area contributed by atoms with Crippen LogP contribution in [0.15, 0.2) is 53.4 Å². The quantitative estimate of drug-likeness (QED) is 0.483. The van der Waals surface area contributed by atoms with Crippen molar-refractivity contribution in [3.8, 4) is 5.75 Å². The molecule has 0 saturated carbocycles. The molecule has 31 heavy (non-hydrogen) atoms. The minimum absolute atomic E-state index is 0.154. The van der Waals surface area contributed by atoms with Crippen LogP contribution in [0.4, 0.5) is 18.9 Å². The van der Waals surface area contributed by atoms with Crippen LogP contribution in [0, 0.1) is 0 Å². The van der Waals surface area contributed by atoms with E-state index in [1.54, 1.807) is 30.3 Å². The maximum absolute atomic E-state index is 13.1. The van der Waals surface area contributed by atoms with Crippen LogP contribution < -0.4 is 10.1 Å². The smallest absolute Gasteiger partial charge is 0.418 e. The molecule has 5 nitrogen and oxygen atoms in total. The number of anilines is 1. The molecule has 1 aliphatic heterocycles. The van der Waals surface area contributed by atoms with E-state index in [4.69, 9.17) is 17.0 Å². The Balaban J connectivity index is 1.70. The Bertz CT molecular complexity index is 1040. The second-order valence-electron chi connectivity index (χ2n) is 6.36. The third-order valence-corrected chi connectivity index (χ3v) is 5.55. The molecule has 3 rings (SSSR count). The van der Waals surface area contributed by atoms with Gasteiger partial charge in [-0.25, -0.2) is 0 Å². The number of carbonyl (C=O) groups is 2. The lowest BCUT2D eigenvalue weighted by atomic mass is 10.1.